The minimum Gasteiger partial charge on any atom is -0.355 e. The van der Waals surface area contributed by atoms with Crippen molar-refractivity contribution in [2.75, 3.05) is 32.7 Å². The number of fused-ring (bicyclic) bond motifs is 1. The number of thiophene rings is 1. The predicted molar refractivity (Wildman–Crippen MR) is 95.7 cm³/mol. The van der Waals surface area contributed by atoms with Gasteiger partial charge in [0.25, 0.3) is 0 Å². The molecule has 0 saturated carbocycles. The highest BCUT2D eigenvalue weighted by molar-refractivity contribution is 7.10. The lowest BCUT2D eigenvalue weighted by molar-refractivity contribution is -0.122. The zero-order chi connectivity index (χ0) is 16.1. The summed E-state index contributed by atoms with van der Waals surface area (Å²) in [6.45, 7) is 8.32. The van der Waals surface area contributed by atoms with Gasteiger partial charge in [0.1, 0.15) is 0 Å². The Balaban J connectivity index is 1.33. The maximum atomic E-state index is 12.1. The third-order valence-corrected chi connectivity index (χ3v) is 6.31. The van der Waals surface area contributed by atoms with Crippen LogP contribution in [0.15, 0.2) is 11.4 Å². The number of rotatable bonds is 6. The van der Waals surface area contributed by atoms with Crippen LogP contribution in [0.25, 0.3) is 0 Å². The van der Waals surface area contributed by atoms with Crippen molar-refractivity contribution in [1.29, 1.82) is 0 Å². The topological polar surface area (TPSA) is 44.4 Å². The normalized spacial score (nSPS) is 23.3. The van der Waals surface area contributed by atoms with Crippen molar-refractivity contribution in [3.05, 3.63) is 21.9 Å². The zero-order valence-electron chi connectivity index (χ0n) is 14.1. The van der Waals surface area contributed by atoms with E-state index in [1.165, 1.54) is 18.4 Å². The van der Waals surface area contributed by atoms with Crippen LogP contribution < -0.4 is 10.6 Å². The molecule has 1 aromatic heterocycles. The lowest BCUT2D eigenvalue weighted by atomic mass is 9.85. The molecule has 2 N–H and O–H groups in total. The third kappa shape index (κ3) is 4.78. The molecule has 0 aromatic carbocycles. The van der Waals surface area contributed by atoms with Crippen molar-refractivity contribution in [2.45, 2.75) is 39.2 Å². The van der Waals surface area contributed by atoms with Gasteiger partial charge in [-0.25, -0.2) is 0 Å². The fraction of sp³-hybridized carbons (Fsp3) is 0.722. The predicted octanol–water partition coefficient (Wildman–Crippen LogP) is 2.25. The van der Waals surface area contributed by atoms with Crippen molar-refractivity contribution < 1.29 is 4.79 Å². The van der Waals surface area contributed by atoms with Crippen molar-refractivity contribution in [2.24, 2.45) is 11.8 Å². The highest BCUT2D eigenvalue weighted by Gasteiger charge is 2.22. The van der Waals surface area contributed by atoms with Gasteiger partial charge in [-0.3, -0.25) is 9.69 Å². The van der Waals surface area contributed by atoms with E-state index in [2.05, 4.69) is 33.9 Å². The van der Waals surface area contributed by atoms with E-state index in [0.717, 1.165) is 45.7 Å². The minimum atomic E-state index is 0.219. The standard InChI is InChI=1S/C18H29N3OS/c1-14(15-3-2-6-19-12-15)11-18(22)20-7-9-21-8-4-17-16(13-21)5-10-23-17/h5,10,14-15,19H,2-4,6-9,11-13H2,1H3,(H,20,22). The molecule has 1 saturated heterocycles. The van der Waals surface area contributed by atoms with Crippen LogP contribution in [0, 0.1) is 11.8 Å². The molecule has 2 aliphatic heterocycles. The van der Waals surface area contributed by atoms with Gasteiger partial charge in [0.2, 0.25) is 5.91 Å². The van der Waals surface area contributed by atoms with Crippen LogP contribution >= 0.6 is 11.3 Å². The van der Waals surface area contributed by atoms with Gasteiger partial charge >= 0.3 is 0 Å². The van der Waals surface area contributed by atoms with Crippen molar-refractivity contribution in [3.63, 3.8) is 0 Å². The summed E-state index contributed by atoms with van der Waals surface area (Å²) in [5.74, 6) is 1.36. The van der Waals surface area contributed by atoms with E-state index in [0.29, 0.717) is 18.3 Å². The monoisotopic (exact) mass is 335 g/mol. The summed E-state index contributed by atoms with van der Waals surface area (Å²) in [4.78, 5) is 16.1. The van der Waals surface area contributed by atoms with Crippen LogP contribution in [0.5, 0.6) is 0 Å². The average Bonchev–Trinajstić information content (AvgIpc) is 3.03. The number of piperidine rings is 1. The van der Waals surface area contributed by atoms with Gasteiger partial charge in [-0.05, 0) is 61.2 Å². The Bertz CT molecular complexity index is 510. The van der Waals surface area contributed by atoms with E-state index in [1.54, 1.807) is 4.88 Å². The molecule has 0 bridgehead atoms. The van der Waals surface area contributed by atoms with Crippen LogP contribution in [0.2, 0.25) is 0 Å². The summed E-state index contributed by atoms with van der Waals surface area (Å²) >= 11 is 1.87. The van der Waals surface area contributed by atoms with Gasteiger partial charge in [-0.2, -0.15) is 0 Å². The Labute approximate surface area is 143 Å². The molecule has 1 fully saturated rings. The lowest BCUT2D eigenvalue weighted by Gasteiger charge is -2.28. The number of hydrogen-bond donors (Lipinski definition) is 2. The van der Waals surface area contributed by atoms with Crippen LogP contribution in [0.4, 0.5) is 0 Å². The SMILES string of the molecule is CC(CC(=O)NCCN1CCc2sccc2C1)C1CCCNC1. The highest BCUT2D eigenvalue weighted by atomic mass is 32.1. The molecule has 3 heterocycles. The van der Waals surface area contributed by atoms with E-state index in [-0.39, 0.29) is 5.91 Å². The second-order valence-electron chi connectivity index (χ2n) is 7.03. The number of hydrogen-bond acceptors (Lipinski definition) is 4. The van der Waals surface area contributed by atoms with E-state index in [4.69, 9.17) is 0 Å². The first-order valence-electron chi connectivity index (χ1n) is 8.97. The van der Waals surface area contributed by atoms with Crippen LogP contribution in [0.1, 0.15) is 36.6 Å². The Kier molecular flexibility index (Phi) is 6.08. The molecule has 4 nitrogen and oxygen atoms in total. The molecule has 1 amide bonds. The van der Waals surface area contributed by atoms with Gasteiger partial charge < -0.3 is 10.6 Å². The van der Waals surface area contributed by atoms with E-state index in [9.17, 15) is 4.79 Å². The molecule has 128 valence electrons. The number of carbonyl (C=O) groups is 1. The second-order valence-corrected chi connectivity index (χ2v) is 8.03. The first kappa shape index (κ1) is 16.9. The smallest absolute Gasteiger partial charge is 0.220 e. The molecule has 5 heteroatoms. The lowest BCUT2D eigenvalue weighted by Crippen LogP contribution is -2.39. The first-order chi connectivity index (χ1) is 11.2. The van der Waals surface area contributed by atoms with Gasteiger partial charge in [0.05, 0.1) is 0 Å². The molecule has 2 unspecified atom stereocenters. The second kappa shape index (κ2) is 8.27. The molecular formula is C18H29N3OS. The Morgan fingerprint density at radius 1 is 1.57 bits per heavy atom. The van der Waals surface area contributed by atoms with Gasteiger partial charge in [-0.1, -0.05) is 6.92 Å². The van der Waals surface area contributed by atoms with E-state index >= 15 is 0 Å². The van der Waals surface area contributed by atoms with E-state index in [1.807, 2.05) is 11.3 Å². The van der Waals surface area contributed by atoms with Crippen molar-refractivity contribution in [1.82, 2.24) is 15.5 Å². The summed E-state index contributed by atoms with van der Waals surface area (Å²) in [5, 5.41) is 8.75. The third-order valence-electron chi connectivity index (χ3n) is 5.28. The quantitative estimate of drug-likeness (QED) is 0.838. The fourth-order valence-corrected chi connectivity index (χ4v) is 4.64. The number of nitrogens with zero attached hydrogens (tertiary/aromatic N) is 1. The maximum Gasteiger partial charge on any atom is 0.220 e. The molecule has 1 aromatic rings. The Morgan fingerprint density at radius 2 is 2.48 bits per heavy atom. The largest absolute Gasteiger partial charge is 0.355 e. The van der Waals surface area contributed by atoms with Gasteiger partial charge in [-0.15, -0.1) is 11.3 Å². The maximum absolute atomic E-state index is 12.1. The fourth-order valence-electron chi connectivity index (χ4n) is 3.75. The minimum absolute atomic E-state index is 0.219. The molecular weight excluding hydrogens is 306 g/mol. The molecule has 0 spiro atoms. The summed E-state index contributed by atoms with van der Waals surface area (Å²) < 4.78 is 0. The number of amides is 1. The van der Waals surface area contributed by atoms with Gasteiger partial charge in [0.15, 0.2) is 0 Å². The van der Waals surface area contributed by atoms with Crippen LogP contribution in [0.3, 0.4) is 0 Å². The Hall–Kier alpha value is -0.910. The van der Waals surface area contributed by atoms with Crippen molar-refractivity contribution >= 4 is 17.2 Å². The summed E-state index contributed by atoms with van der Waals surface area (Å²) in [6, 6.07) is 2.24. The van der Waals surface area contributed by atoms with Crippen LogP contribution in [-0.2, 0) is 17.8 Å². The van der Waals surface area contributed by atoms with Crippen molar-refractivity contribution in [3.8, 4) is 0 Å². The molecule has 2 aliphatic rings. The highest BCUT2D eigenvalue weighted by Crippen LogP contribution is 2.24. The molecule has 23 heavy (non-hydrogen) atoms. The molecule has 2 atom stereocenters. The van der Waals surface area contributed by atoms with Gasteiger partial charge in [0, 0.05) is 37.5 Å². The van der Waals surface area contributed by atoms with E-state index < -0.39 is 0 Å². The number of carbonyl (C=O) groups excluding carboxylic acids is 1. The average molecular weight is 336 g/mol. The van der Waals surface area contributed by atoms with Crippen LogP contribution in [-0.4, -0.2) is 43.5 Å². The summed E-state index contributed by atoms with van der Waals surface area (Å²) in [6.07, 6.45) is 4.34. The number of nitrogens with one attached hydrogen (secondary N) is 2. The summed E-state index contributed by atoms with van der Waals surface area (Å²) in [5.41, 5.74) is 1.48. The zero-order valence-corrected chi connectivity index (χ0v) is 15.0. The molecule has 3 rings (SSSR count). The molecule has 0 radical (unpaired) electrons. The Morgan fingerprint density at radius 3 is 3.30 bits per heavy atom. The summed E-state index contributed by atoms with van der Waals surface area (Å²) in [7, 11) is 0. The first-order valence-corrected chi connectivity index (χ1v) is 9.85. The molecule has 0 aliphatic carbocycles.